The van der Waals surface area contributed by atoms with Gasteiger partial charge in [-0.1, -0.05) is 53.4 Å². The largest absolute Gasteiger partial charge is 4.00 e. The minimum atomic E-state index is -1.35. The van der Waals surface area contributed by atoms with Crippen molar-refractivity contribution >= 4 is 47.0 Å². The van der Waals surface area contributed by atoms with Gasteiger partial charge in [0.05, 0.1) is 0 Å². The van der Waals surface area contributed by atoms with Gasteiger partial charge in [-0.05, 0) is 25.7 Å². The van der Waals surface area contributed by atoms with Crippen LogP contribution in [0.2, 0.25) is 0 Å². The van der Waals surface area contributed by atoms with E-state index in [1.54, 1.807) is 0 Å². The Morgan fingerprint density at radius 1 is 0.367 bits per heavy atom. The molecule has 0 aromatic carbocycles. The van der Waals surface area contributed by atoms with Crippen LogP contribution >= 0.6 is 0 Å². The zero-order valence-electron chi connectivity index (χ0n) is 29.2. The molecule has 0 aromatic heterocycles. The van der Waals surface area contributed by atoms with Crippen LogP contribution in [-0.2, 0) is 83.5 Å². The molecule has 0 aliphatic heterocycles. The average Bonchev–Trinajstić information content (AvgIpc) is 2.98. The summed E-state index contributed by atoms with van der Waals surface area (Å²) in [5, 5.41) is 39.6. The second-order valence-corrected chi connectivity index (χ2v) is 9.97. The number of carboxylic acid groups (broad SMARTS) is 4. The SMILES string of the molecule is CCCCOCC(=O)CC(=O)[O-].CCCCOCC(=O)CC(=O)[O-].CCCCOCC(=O)CC(=O)[O-].CCCCOCC(=O)CC(=O)[O-].[Zr+4]. The quantitative estimate of drug-likeness (QED) is 0.0616. The smallest absolute Gasteiger partial charge is 0.550 e. The predicted octanol–water partition coefficient (Wildman–Crippen LogP) is -1.95. The van der Waals surface area contributed by atoms with Gasteiger partial charge in [-0.3, -0.25) is 19.2 Å². The molecule has 0 bridgehead atoms. The van der Waals surface area contributed by atoms with Crippen LogP contribution in [0.1, 0.15) is 105 Å². The Bertz CT molecular complexity index is 764. The number of ether oxygens (including phenoxy) is 4. The molecular weight excluding hydrogens is 732 g/mol. The summed E-state index contributed by atoms with van der Waals surface area (Å²) in [5.74, 6) is -7.15. The number of hydrogen-bond acceptors (Lipinski definition) is 16. The molecule has 0 N–H and O–H groups in total. The molecule has 0 amide bonds. The molecule has 17 heteroatoms. The van der Waals surface area contributed by atoms with Crippen molar-refractivity contribution in [2.75, 3.05) is 52.9 Å². The number of carbonyl (C=O) groups is 8. The minimum absolute atomic E-state index is 0. The van der Waals surface area contributed by atoms with Crippen LogP contribution in [0.5, 0.6) is 0 Å². The van der Waals surface area contributed by atoms with Crippen molar-refractivity contribution in [3.05, 3.63) is 0 Å². The van der Waals surface area contributed by atoms with Gasteiger partial charge in [0.15, 0.2) is 23.1 Å². The molecular formula is C32H52O16Zr. The van der Waals surface area contributed by atoms with E-state index in [-0.39, 0.29) is 52.6 Å². The molecule has 0 aliphatic carbocycles. The normalized spacial score (nSPS) is 9.55. The molecule has 0 fully saturated rings. The Morgan fingerprint density at radius 2 is 0.531 bits per heavy atom. The molecule has 0 saturated heterocycles. The number of carboxylic acids is 4. The first-order valence-corrected chi connectivity index (χ1v) is 15.8. The van der Waals surface area contributed by atoms with Crippen LogP contribution in [0.4, 0.5) is 0 Å². The molecule has 0 saturated carbocycles. The van der Waals surface area contributed by atoms with Gasteiger partial charge < -0.3 is 58.6 Å². The summed E-state index contributed by atoms with van der Waals surface area (Å²) in [7, 11) is 0. The molecule has 280 valence electrons. The van der Waals surface area contributed by atoms with Gasteiger partial charge in [0.25, 0.3) is 0 Å². The van der Waals surface area contributed by atoms with Gasteiger partial charge in [-0.15, -0.1) is 0 Å². The van der Waals surface area contributed by atoms with Crippen molar-refractivity contribution < 1.29 is 104 Å². The molecule has 0 heterocycles. The maximum absolute atomic E-state index is 10.7. The van der Waals surface area contributed by atoms with Gasteiger partial charge in [-0.2, -0.15) is 0 Å². The van der Waals surface area contributed by atoms with E-state index in [9.17, 15) is 58.8 Å². The van der Waals surface area contributed by atoms with Crippen LogP contribution in [0.15, 0.2) is 0 Å². The summed E-state index contributed by atoms with van der Waals surface area (Å²) in [5.41, 5.74) is 0. The van der Waals surface area contributed by atoms with Gasteiger partial charge in [0.2, 0.25) is 0 Å². The van der Waals surface area contributed by atoms with E-state index in [0.29, 0.717) is 26.4 Å². The maximum atomic E-state index is 10.7. The second kappa shape index (κ2) is 43.3. The van der Waals surface area contributed by atoms with Gasteiger partial charge in [-0.25, -0.2) is 0 Å². The Kier molecular flexibility index (Phi) is 49.2. The Hall–Kier alpha value is -2.72. The summed E-state index contributed by atoms with van der Waals surface area (Å²) in [6.07, 6.45) is 5.33. The van der Waals surface area contributed by atoms with E-state index in [4.69, 9.17) is 18.9 Å². The third-order valence-corrected chi connectivity index (χ3v) is 4.99. The van der Waals surface area contributed by atoms with E-state index in [1.165, 1.54) is 0 Å². The summed E-state index contributed by atoms with van der Waals surface area (Å²) >= 11 is 0. The van der Waals surface area contributed by atoms with E-state index < -0.39 is 72.7 Å². The third-order valence-electron chi connectivity index (χ3n) is 4.99. The summed E-state index contributed by atoms with van der Waals surface area (Å²) in [6.45, 7) is 9.59. The van der Waals surface area contributed by atoms with Crippen molar-refractivity contribution in [3.8, 4) is 0 Å². The van der Waals surface area contributed by atoms with Crippen LogP contribution in [0.3, 0.4) is 0 Å². The van der Waals surface area contributed by atoms with Gasteiger partial charge in [0, 0.05) is 76.0 Å². The zero-order chi connectivity index (χ0) is 37.6. The molecule has 49 heavy (non-hydrogen) atoms. The topological polar surface area (TPSA) is 266 Å². The van der Waals surface area contributed by atoms with Crippen molar-refractivity contribution in [2.24, 2.45) is 0 Å². The van der Waals surface area contributed by atoms with Crippen molar-refractivity contribution in [1.82, 2.24) is 0 Å². The molecule has 0 radical (unpaired) electrons. The maximum Gasteiger partial charge on any atom is 4.00 e. The van der Waals surface area contributed by atoms with Crippen molar-refractivity contribution in [2.45, 2.75) is 105 Å². The summed E-state index contributed by atoms with van der Waals surface area (Å²) < 4.78 is 19.6. The number of carbonyl (C=O) groups excluding carboxylic acids is 8. The number of rotatable bonds is 28. The van der Waals surface area contributed by atoms with Crippen LogP contribution < -0.4 is 20.4 Å². The number of hydrogen-bond donors (Lipinski definition) is 0. The zero-order valence-corrected chi connectivity index (χ0v) is 31.6. The summed E-state index contributed by atoms with van der Waals surface area (Å²) in [6, 6.07) is 0. The molecule has 0 aliphatic rings. The van der Waals surface area contributed by atoms with E-state index >= 15 is 0 Å². The van der Waals surface area contributed by atoms with E-state index in [1.807, 2.05) is 27.7 Å². The number of aliphatic carboxylic acids is 4. The van der Waals surface area contributed by atoms with E-state index in [0.717, 1.165) is 51.4 Å². The fourth-order valence-electron chi connectivity index (χ4n) is 2.58. The Balaban J connectivity index is -0.000000174. The van der Waals surface area contributed by atoms with Crippen LogP contribution in [0.25, 0.3) is 0 Å². The van der Waals surface area contributed by atoms with Gasteiger partial charge in [0.1, 0.15) is 26.4 Å². The number of unbranched alkanes of at least 4 members (excludes halogenated alkanes) is 4. The molecule has 0 aromatic rings. The Labute approximate surface area is 307 Å². The fraction of sp³-hybridized carbons (Fsp3) is 0.750. The molecule has 0 unspecified atom stereocenters. The molecule has 0 spiro atoms. The third kappa shape index (κ3) is 61.0. The van der Waals surface area contributed by atoms with Crippen LogP contribution in [-0.4, -0.2) is 99.9 Å². The van der Waals surface area contributed by atoms with Crippen molar-refractivity contribution in [3.63, 3.8) is 0 Å². The Morgan fingerprint density at radius 3 is 0.653 bits per heavy atom. The molecule has 16 nitrogen and oxygen atoms in total. The predicted molar refractivity (Wildman–Crippen MR) is 161 cm³/mol. The fourth-order valence-corrected chi connectivity index (χ4v) is 2.58. The standard InChI is InChI=1S/4C8H14O4.Zr/c4*1-2-3-4-12-6-7(9)5-8(10)11;/h4*2-6H2,1H3,(H,10,11);/q;;;;+4/p-4. The summed E-state index contributed by atoms with van der Waals surface area (Å²) in [4.78, 5) is 82.3. The monoisotopic (exact) mass is 782 g/mol. The van der Waals surface area contributed by atoms with E-state index in [2.05, 4.69) is 0 Å². The van der Waals surface area contributed by atoms with Crippen molar-refractivity contribution in [1.29, 1.82) is 0 Å². The van der Waals surface area contributed by atoms with Crippen LogP contribution in [0, 0.1) is 0 Å². The average molecular weight is 784 g/mol. The molecule has 0 atom stereocenters. The second-order valence-electron chi connectivity index (χ2n) is 9.97. The minimum Gasteiger partial charge on any atom is -0.550 e. The number of Topliss-reactive ketones (excluding diaryl/α,β-unsaturated/α-hetero) is 4. The first-order valence-electron chi connectivity index (χ1n) is 15.8. The molecule has 0 rings (SSSR count). The first kappa shape index (κ1) is 55.7. The van der Waals surface area contributed by atoms with Gasteiger partial charge >= 0.3 is 26.2 Å². The first-order chi connectivity index (χ1) is 22.7. The number of ketones is 4.